The Labute approximate surface area is 102 Å². The molecule has 0 spiro atoms. The zero-order valence-electron chi connectivity index (χ0n) is 10.2. The Balaban J connectivity index is 2.34. The van der Waals surface area contributed by atoms with E-state index < -0.39 is 0 Å². The molecule has 2 nitrogen and oxygen atoms in total. The number of rotatable bonds is 6. The maximum absolute atomic E-state index is 8.87. The van der Waals surface area contributed by atoms with E-state index in [1.807, 2.05) is 6.92 Å². The van der Waals surface area contributed by atoms with Gasteiger partial charge in [-0.05, 0) is 31.0 Å². The predicted octanol–water partition coefficient (Wildman–Crippen LogP) is 2.80. The third-order valence-corrected chi connectivity index (χ3v) is 3.46. The first kappa shape index (κ1) is 13.4. The van der Waals surface area contributed by atoms with Crippen LogP contribution in [0.25, 0.3) is 0 Å². The zero-order chi connectivity index (χ0) is 12.0. The standard InChI is InChI=1S/C13H20O2S/c1-10-4-5-11(2)13(8-10)15-6-7-16-12(3)9-14/h4-5,8,12,14H,6-7,9H2,1-3H3. The van der Waals surface area contributed by atoms with Crippen LogP contribution >= 0.6 is 11.8 Å². The van der Waals surface area contributed by atoms with E-state index in [0.29, 0.717) is 11.9 Å². The Hall–Kier alpha value is -0.670. The summed E-state index contributed by atoms with van der Waals surface area (Å²) >= 11 is 1.73. The molecule has 0 saturated heterocycles. The lowest BCUT2D eigenvalue weighted by Gasteiger charge is -2.11. The van der Waals surface area contributed by atoms with Crippen LogP contribution in [0.1, 0.15) is 18.1 Å². The van der Waals surface area contributed by atoms with Crippen LogP contribution in [0.4, 0.5) is 0 Å². The quantitative estimate of drug-likeness (QED) is 0.775. The number of aryl methyl sites for hydroxylation is 2. The molecule has 0 aromatic heterocycles. The van der Waals surface area contributed by atoms with Gasteiger partial charge in [0.05, 0.1) is 13.2 Å². The summed E-state index contributed by atoms with van der Waals surface area (Å²) in [7, 11) is 0. The molecule has 0 aliphatic carbocycles. The lowest BCUT2D eigenvalue weighted by atomic mass is 10.1. The second-order valence-corrected chi connectivity index (χ2v) is 5.53. The summed E-state index contributed by atoms with van der Waals surface area (Å²) in [6.45, 7) is 7.06. The van der Waals surface area contributed by atoms with E-state index in [4.69, 9.17) is 9.84 Å². The van der Waals surface area contributed by atoms with Crippen molar-refractivity contribution < 1.29 is 9.84 Å². The Bertz CT molecular complexity index is 326. The monoisotopic (exact) mass is 240 g/mol. The van der Waals surface area contributed by atoms with Crippen molar-refractivity contribution in [3.63, 3.8) is 0 Å². The predicted molar refractivity (Wildman–Crippen MR) is 70.4 cm³/mol. The highest BCUT2D eigenvalue weighted by Crippen LogP contribution is 2.19. The molecule has 0 aliphatic rings. The molecule has 0 aliphatic heterocycles. The van der Waals surface area contributed by atoms with Gasteiger partial charge in [-0.1, -0.05) is 19.1 Å². The second-order valence-electron chi connectivity index (χ2n) is 3.98. The number of thioether (sulfide) groups is 1. The van der Waals surface area contributed by atoms with Gasteiger partial charge in [-0.25, -0.2) is 0 Å². The molecule has 3 heteroatoms. The van der Waals surface area contributed by atoms with E-state index in [1.54, 1.807) is 11.8 Å². The van der Waals surface area contributed by atoms with Gasteiger partial charge < -0.3 is 9.84 Å². The second kappa shape index (κ2) is 6.81. The molecule has 0 amide bonds. The fraction of sp³-hybridized carbons (Fsp3) is 0.538. The van der Waals surface area contributed by atoms with Crippen LogP contribution in [-0.2, 0) is 0 Å². The van der Waals surface area contributed by atoms with Crippen molar-refractivity contribution in [3.8, 4) is 5.75 Å². The summed E-state index contributed by atoms with van der Waals surface area (Å²) in [6, 6.07) is 6.23. The van der Waals surface area contributed by atoms with Crippen molar-refractivity contribution in [2.75, 3.05) is 19.0 Å². The first-order valence-electron chi connectivity index (χ1n) is 5.56. The van der Waals surface area contributed by atoms with Gasteiger partial charge in [-0.15, -0.1) is 0 Å². The van der Waals surface area contributed by atoms with E-state index in [9.17, 15) is 0 Å². The van der Waals surface area contributed by atoms with E-state index >= 15 is 0 Å². The Morgan fingerprint density at radius 1 is 1.38 bits per heavy atom. The van der Waals surface area contributed by atoms with Crippen molar-refractivity contribution in [2.24, 2.45) is 0 Å². The number of aliphatic hydroxyl groups excluding tert-OH is 1. The van der Waals surface area contributed by atoms with E-state index in [-0.39, 0.29) is 6.61 Å². The van der Waals surface area contributed by atoms with Crippen molar-refractivity contribution in [1.82, 2.24) is 0 Å². The number of ether oxygens (including phenoxy) is 1. The van der Waals surface area contributed by atoms with E-state index in [1.165, 1.54) is 11.1 Å². The Morgan fingerprint density at radius 2 is 2.12 bits per heavy atom. The van der Waals surface area contributed by atoms with Gasteiger partial charge in [0.1, 0.15) is 5.75 Å². The van der Waals surface area contributed by atoms with Crippen molar-refractivity contribution in [1.29, 1.82) is 0 Å². The first-order valence-corrected chi connectivity index (χ1v) is 6.61. The lowest BCUT2D eigenvalue weighted by molar-refractivity contribution is 0.299. The number of benzene rings is 1. The van der Waals surface area contributed by atoms with E-state index in [2.05, 4.69) is 32.0 Å². The molecule has 0 heterocycles. The fourth-order valence-electron chi connectivity index (χ4n) is 1.32. The molecule has 0 saturated carbocycles. The smallest absolute Gasteiger partial charge is 0.122 e. The van der Waals surface area contributed by atoms with Gasteiger partial charge >= 0.3 is 0 Å². The molecule has 0 radical (unpaired) electrons. The summed E-state index contributed by atoms with van der Waals surface area (Å²) in [6.07, 6.45) is 0. The largest absolute Gasteiger partial charge is 0.492 e. The minimum absolute atomic E-state index is 0.230. The van der Waals surface area contributed by atoms with Crippen LogP contribution in [-0.4, -0.2) is 29.3 Å². The SMILES string of the molecule is Cc1ccc(C)c(OCCSC(C)CO)c1. The molecule has 90 valence electrons. The van der Waals surface area contributed by atoms with Crippen LogP contribution in [0.15, 0.2) is 18.2 Å². The Morgan fingerprint density at radius 3 is 2.81 bits per heavy atom. The topological polar surface area (TPSA) is 29.5 Å². The van der Waals surface area contributed by atoms with Crippen molar-refractivity contribution >= 4 is 11.8 Å². The van der Waals surface area contributed by atoms with Crippen molar-refractivity contribution in [3.05, 3.63) is 29.3 Å². The van der Waals surface area contributed by atoms with Crippen LogP contribution < -0.4 is 4.74 Å². The highest BCUT2D eigenvalue weighted by molar-refractivity contribution is 7.99. The lowest BCUT2D eigenvalue weighted by Crippen LogP contribution is -2.08. The van der Waals surface area contributed by atoms with Crippen molar-refractivity contribution in [2.45, 2.75) is 26.0 Å². The average molecular weight is 240 g/mol. The van der Waals surface area contributed by atoms with Crippen LogP contribution in [0, 0.1) is 13.8 Å². The molecular formula is C13H20O2S. The highest BCUT2D eigenvalue weighted by atomic mass is 32.2. The molecule has 1 rings (SSSR count). The number of hydrogen-bond acceptors (Lipinski definition) is 3. The minimum Gasteiger partial charge on any atom is -0.492 e. The fourth-order valence-corrected chi connectivity index (χ4v) is 2.00. The van der Waals surface area contributed by atoms with Crippen LogP contribution in [0.5, 0.6) is 5.75 Å². The van der Waals surface area contributed by atoms with Gasteiger partial charge in [-0.2, -0.15) is 11.8 Å². The van der Waals surface area contributed by atoms with Crippen LogP contribution in [0.3, 0.4) is 0 Å². The number of aliphatic hydroxyl groups is 1. The third-order valence-electron chi connectivity index (χ3n) is 2.34. The molecule has 1 N–H and O–H groups in total. The minimum atomic E-state index is 0.230. The maximum Gasteiger partial charge on any atom is 0.122 e. The summed E-state index contributed by atoms with van der Waals surface area (Å²) < 4.78 is 5.71. The number of hydrogen-bond donors (Lipinski definition) is 1. The summed E-state index contributed by atoms with van der Waals surface area (Å²) in [4.78, 5) is 0. The average Bonchev–Trinajstić information content (AvgIpc) is 2.28. The van der Waals surface area contributed by atoms with Gasteiger partial charge in [0.15, 0.2) is 0 Å². The summed E-state index contributed by atoms with van der Waals surface area (Å²) in [5.41, 5.74) is 2.39. The summed E-state index contributed by atoms with van der Waals surface area (Å²) in [5, 5.41) is 9.16. The molecule has 1 unspecified atom stereocenters. The van der Waals surface area contributed by atoms with Gasteiger partial charge in [0, 0.05) is 11.0 Å². The molecule has 1 aromatic rings. The third kappa shape index (κ3) is 4.45. The molecule has 16 heavy (non-hydrogen) atoms. The maximum atomic E-state index is 8.87. The molecule has 1 aromatic carbocycles. The molecule has 0 fully saturated rings. The van der Waals surface area contributed by atoms with Gasteiger partial charge in [0.2, 0.25) is 0 Å². The first-order chi connectivity index (χ1) is 7.63. The molecular weight excluding hydrogens is 220 g/mol. The van der Waals surface area contributed by atoms with E-state index in [0.717, 1.165) is 11.5 Å². The normalized spacial score (nSPS) is 12.5. The molecule has 0 bridgehead atoms. The van der Waals surface area contributed by atoms with Crippen LogP contribution in [0.2, 0.25) is 0 Å². The highest BCUT2D eigenvalue weighted by Gasteiger charge is 2.02. The van der Waals surface area contributed by atoms with Gasteiger partial charge in [-0.3, -0.25) is 0 Å². The summed E-state index contributed by atoms with van der Waals surface area (Å²) in [5.74, 6) is 1.88. The van der Waals surface area contributed by atoms with Gasteiger partial charge in [0.25, 0.3) is 0 Å². The molecule has 1 atom stereocenters. The zero-order valence-corrected chi connectivity index (χ0v) is 11.0. The Kier molecular flexibility index (Phi) is 5.71.